The first kappa shape index (κ1) is 16.3. The van der Waals surface area contributed by atoms with Gasteiger partial charge in [0.1, 0.15) is 5.75 Å². The molecule has 2 aromatic carbocycles. The molecule has 0 amide bonds. The second kappa shape index (κ2) is 6.51. The van der Waals surface area contributed by atoms with Gasteiger partial charge in [-0.1, -0.05) is 29.8 Å². The van der Waals surface area contributed by atoms with Crippen molar-refractivity contribution < 1.29 is 13.2 Å². The van der Waals surface area contributed by atoms with Crippen LogP contribution in [0.25, 0.3) is 0 Å². The average Bonchev–Trinajstić information content (AvgIpc) is 3.05. The van der Waals surface area contributed by atoms with Gasteiger partial charge < -0.3 is 4.74 Å². The number of hydrogen-bond donors (Lipinski definition) is 0. The Morgan fingerprint density at radius 2 is 1.83 bits per heavy atom. The second-order valence-electron chi connectivity index (χ2n) is 5.47. The van der Waals surface area contributed by atoms with Crippen LogP contribution >= 0.6 is 11.6 Å². The molecule has 122 valence electrons. The van der Waals surface area contributed by atoms with Crippen molar-refractivity contribution in [1.82, 2.24) is 4.31 Å². The number of benzene rings is 2. The Morgan fingerprint density at radius 1 is 1.13 bits per heavy atom. The van der Waals surface area contributed by atoms with Crippen molar-refractivity contribution in [3.63, 3.8) is 0 Å². The second-order valence-corrected chi connectivity index (χ2v) is 7.77. The summed E-state index contributed by atoms with van der Waals surface area (Å²) in [5.74, 6) is 0.632. The molecule has 23 heavy (non-hydrogen) atoms. The predicted molar refractivity (Wildman–Crippen MR) is 90.3 cm³/mol. The molecular weight excluding hydrogens is 334 g/mol. The third-order valence-corrected chi connectivity index (χ3v) is 6.40. The van der Waals surface area contributed by atoms with Crippen LogP contribution < -0.4 is 4.74 Å². The quantitative estimate of drug-likeness (QED) is 0.839. The number of rotatable bonds is 4. The summed E-state index contributed by atoms with van der Waals surface area (Å²) in [5, 5.41) is 0.606. The highest BCUT2D eigenvalue weighted by Gasteiger charge is 2.36. The van der Waals surface area contributed by atoms with Crippen LogP contribution in [0.3, 0.4) is 0 Å². The summed E-state index contributed by atoms with van der Waals surface area (Å²) < 4.78 is 32.6. The molecule has 1 heterocycles. The largest absolute Gasteiger partial charge is 0.497 e. The Morgan fingerprint density at radius 3 is 2.48 bits per heavy atom. The third kappa shape index (κ3) is 3.09. The minimum atomic E-state index is -3.56. The number of methoxy groups -OCH3 is 1. The first-order chi connectivity index (χ1) is 11.0. The molecule has 3 rings (SSSR count). The molecule has 0 saturated carbocycles. The predicted octanol–water partition coefficient (Wildman–Crippen LogP) is 3.87. The Kier molecular flexibility index (Phi) is 4.62. The van der Waals surface area contributed by atoms with Crippen molar-refractivity contribution >= 4 is 21.6 Å². The summed E-state index contributed by atoms with van der Waals surface area (Å²) in [6, 6.07) is 13.7. The molecule has 1 saturated heterocycles. The molecule has 0 spiro atoms. The van der Waals surface area contributed by atoms with Crippen molar-refractivity contribution in [3.05, 3.63) is 59.1 Å². The van der Waals surface area contributed by atoms with Gasteiger partial charge in [-0.3, -0.25) is 0 Å². The lowest BCUT2D eigenvalue weighted by molar-refractivity contribution is 0.396. The van der Waals surface area contributed by atoms with Crippen LogP contribution in [0, 0.1) is 0 Å². The molecule has 1 atom stereocenters. The Bertz CT molecular complexity index is 790. The van der Waals surface area contributed by atoms with Crippen LogP contribution in [0.5, 0.6) is 5.75 Å². The van der Waals surface area contributed by atoms with Crippen molar-refractivity contribution in [3.8, 4) is 5.75 Å². The molecule has 0 bridgehead atoms. The fourth-order valence-electron chi connectivity index (χ4n) is 2.97. The van der Waals surface area contributed by atoms with E-state index >= 15 is 0 Å². The molecule has 2 aromatic rings. The van der Waals surface area contributed by atoms with Gasteiger partial charge in [0.2, 0.25) is 10.0 Å². The van der Waals surface area contributed by atoms with E-state index in [0.717, 1.165) is 18.4 Å². The number of halogens is 1. The topological polar surface area (TPSA) is 46.6 Å². The Labute approximate surface area is 141 Å². The maximum atomic E-state index is 13.0. The average molecular weight is 352 g/mol. The van der Waals surface area contributed by atoms with Crippen LogP contribution in [-0.2, 0) is 10.0 Å². The van der Waals surface area contributed by atoms with Gasteiger partial charge >= 0.3 is 0 Å². The summed E-state index contributed by atoms with van der Waals surface area (Å²) in [7, 11) is -2.01. The monoisotopic (exact) mass is 351 g/mol. The maximum Gasteiger partial charge on any atom is 0.243 e. The molecule has 0 N–H and O–H groups in total. The summed E-state index contributed by atoms with van der Waals surface area (Å²) in [6.07, 6.45) is 1.60. The van der Waals surface area contributed by atoms with E-state index in [4.69, 9.17) is 16.3 Å². The third-order valence-electron chi connectivity index (χ3n) is 4.13. The summed E-state index contributed by atoms with van der Waals surface area (Å²) >= 11 is 6.27. The maximum absolute atomic E-state index is 13.0. The molecule has 0 aromatic heterocycles. The van der Waals surface area contributed by atoms with Gasteiger partial charge in [0.15, 0.2) is 0 Å². The molecule has 0 aliphatic carbocycles. The lowest BCUT2D eigenvalue weighted by Gasteiger charge is -2.25. The van der Waals surface area contributed by atoms with E-state index in [1.54, 1.807) is 41.7 Å². The van der Waals surface area contributed by atoms with E-state index in [1.165, 1.54) is 0 Å². The van der Waals surface area contributed by atoms with Crippen molar-refractivity contribution in [2.75, 3.05) is 13.7 Å². The fraction of sp³-hybridized carbons (Fsp3) is 0.294. The van der Waals surface area contributed by atoms with Crippen molar-refractivity contribution in [2.45, 2.75) is 23.8 Å². The Hall–Kier alpha value is -1.56. The summed E-state index contributed by atoms with van der Waals surface area (Å²) in [6.45, 7) is 0.504. The smallest absolute Gasteiger partial charge is 0.243 e. The standard InChI is InChI=1S/C17H18ClNO3S/c1-22-13-8-10-14(11-9-13)23(20,21)19-12-4-7-17(19)15-5-2-3-6-16(15)18/h2-3,5-6,8-11,17H,4,7,12H2,1H3/t17-/m0/s1. The van der Waals surface area contributed by atoms with E-state index in [1.807, 2.05) is 18.2 Å². The van der Waals surface area contributed by atoms with Crippen molar-refractivity contribution in [1.29, 1.82) is 0 Å². The van der Waals surface area contributed by atoms with Crippen LogP contribution in [-0.4, -0.2) is 26.4 Å². The zero-order chi connectivity index (χ0) is 16.4. The highest BCUT2D eigenvalue weighted by molar-refractivity contribution is 7.89. The molecule has 0 radical (unpaired) electrons. The van der Waals surface area contributed by atoms with Gasteiger partial charge in [0.25, 0.3) is 0 Å². The van der Waals surface area contributed by atoms with E-state index in [9.17, 15) is 8.42 Å². The minimum Gasteiger partial charge on any atom is -0.497 e. The highest BCUT2D eigenvalue weighted by Crippen LogP contribution is 2.39. The zero-order valence-corrected chi connectivity index (χ0v) is 14.3. The first-order valence-electron chi connectivity index (χ1n) is 7.44. The molecule has 0 unspecified atom stereocenters. The number of hydrogen-bond acceptors (Lipinski definition) is 3. The van der Waals surface area contributed by atoms with E-state index < -0.39 is 10.0 Å². The van der Waals surface area contributed by atoms with Gasteiger partial charge in [-0.2, -0.15) is 4.31 Å². The first-order valence-corrected chi connectivity index (χ1v) is 9.26. The molecule has 1 aliphatic heterocycles. The van der Waals surface area contributed by atoms with Crippen LogP contribution in [0.1, 0.15) is 24.4 Å². The molecule has 1 fully saturated rings. The van der Waals surface area contributed by atoms with Crippen LogP contribution in [0.15, 0.2) is 53.4 Å². The number of ether oxygens (including phenoxy) is 1. The van der Waals surface area contributed by atoms with Gasteiger partial charge in [0.05, 0.1) is 18.0 Å². The highest BCUT2D eigenvalue weighted by atomic mass is 35.5. The fourth-order valence-corrected chi connectivity index (χ4v) is 4.90. The number of nitrogens with zero attached hydrogens (tertiary/aromatic N) is 1. The SMILES string of the molecule is COc1ccc(S(=O)(=O)N2CCC[C@H]2c2ccccc2Cl)cc1. The molecule has 6 heteroatoms. The van der Waals surface area contributed by atoms with Gasteiger partial charge in [0, 0.05) is 11.6 Å². The minimum absolute atomic E-state index is 0.212. The van der Waals surface area contributed by atoms with Gasteiger partial charge in [-0.25, -0.2) is 8.42 Å². The molecule has 1 aliphatic rings. The van der Waals surface area contributed by atoms with Crippen LogP contribution in [0.4, 0.5) is 0 Å². The summed E-state index contributed by atoms with van der Waals surface area (Å²) in [4.78, 5) is 0.275. The van der Waals surface area contributed by atoms with Crippen LogP contribution in [0.2, 0.25) is 5.02 Å². The Balaban J connectivity index is 1.96. The zero-order valence-electron chi connectivity index (χ0n) is 12.8. The summed E-state index contributed by atoms with van der Waals surface area (Å²) in [5.41, 5.74) is 0.865. The van der Waals surface area contributed by atoms with Gasteiger partial charge in [-0.05, 0) is 48.7 Å². The van der Waals surface area contributed by atoms with E-state index in [-0.39, 0.29) is 10.9 Å². The molecular formula is C17H18ClNO3S. The van der Waals surface area contributed by atoms with E-state index in [2.05, 4.69) is 0 Å². The lowest BCUT2D eigenvalue weighted by atomic mass is 10.1. The van der Waals surface area contributed by atoms with E-state index in [0.29, 0.717) is 17.3 Å². The van der Waals surface area contributed by atoms with Crippen molar-refractivity contribution in [2.24, 2.45) is 0 Å². The lowest BCUT2D eigenvalue weighted by Crippen LogP contribution is -2.30. The normalized spacial score (nSPS) is 19.0. The van der Waals surface area contributed by atoms with Gasteiger partial charge in [-0.15, -0.1) is 0 Å². The number of sulfonamides is 1. The molecule has 4 nitrogen and oxygen atoms in total.